The Labute approximate surface area is 126 Å². The number of para-hydroxylation sites is 1. The molecule has 1 N–H and O–H groups in total. The van der Waals surface area contributed by atoms with E-state index in [4.69, 9.17) is 9.15 Å². The Morgan fingerprint density at radius 1 is 1.24 bits per heavy atom. The molecule has 3 heteroatoms. The Morgan fingerprint density at radius 2 is 2.05 bits per heavy atom. The average Bonchev–Trinajstić information content (AvgIpc) is 2.96. The molecule has 21 heavy (non-hydrogen) atoms. The highest BCUT2D eigenvalue weighted by molar-refractivity contribution is 5.77. The van der Waals surface area contributed by atoms with Gasteiger partial charge in [0, 0.05) is 12.0 Å². The lowest BCUT2D eigenvalue weighted by Crippen LogP contribution is -2.23. The molecule has 0 amide bonds. The van der Waals surface area contributed by atoms with Crippen LogP contribution in [-0.2, 0) is 4.74 Å². The molecule has 1 aromatic carbocycles. The van der Waals surface area contributed by atoms with Crippen LogP contribution in [0.1, 0.15) is 43.9 Å². The number of furan rings is 1. The van der Waals surface area contributed by atoms with E-state index in [1.54, 1.807) is 0 Å². The van der Waals surface area contributed by atoms with Gasteiger partial charge in [-0.3, -0.25) is 0 Å². The lowest BCUT2D eigenvalue weighted by atomic mass is 9.90. The quantitative estimate of drug-likeness (QED) is 0.860. The van der Waals surface area contributed by atoms with E-state index in [9.17, 15) is 0 Å². The van der Waals surface area contributed by atoms with Gasteiger partial charge in [0.1, 0.15) is 11.3 Å². The molecule has 1 saturated carbocycles. The summed E-state index contributed by atoms with van der Waals surface area (Å²) in [5.41, 5.74) is 0.944. The molecule has 0 radical (unpaired) electrons. The number of nitrogens with one attached hydrogen (secondary N) is 1. The van der Waals surface area contributed by atoms with E-state index < -0.39 is 0 Å². The van der Waals surface area contributed by atoms with E-state index in [-0.39, 0.29) is 6.04 Å². The normalized spacial score (nSPS) is 18.1. The van der Waals surface area contributed by atoms with E-state index >= 15 is 0 Å². The SMILES string of the molecule is CNC(COCC1CCCCC1)c1cc2ccccc2o1. The van der Waals surface area contributed by atoms with E-state index in [0.29, 0.717) is 6.61 Å². The zero-order chi connectivity index (χ0) is 14.5. The maximum Gasteiger partial charge on any atom is 0.134 e. The lowest BCUT2D eigenvalue weighted by molar-refractivity contribution is 0.0671. The first-order valence-corrected chi connectivity index (χ1v) is 8.10. The fraction of sp³-hybridized carbons (Fsp3) is 0.556. The molecular weight excluding hydrogens is 262 g/mol. The molecule has 1 aromatic heterocycles. The van der Waals surface area contributed by atoms with Gasteiger partial charge in [0.25, 0.3) is 0 Å². The summed E-state index contributed by atoms with van der Waals surface area (Å²) in [5.74, 6) is 1.72. The zero-order valence-corrected chi connectivity index (χ0v) is 12.8. The van der Waals surface area contributed by atoms with Gasteiger partial charge in [-0.25, -0.2) is 0 Å². The first-order valence-electron chi connectivity index (χ1n) is 8.10. The highest BCUT2D eigenvalue weighted by Crippen LogP contribution is 2.26. The molecule has 1 unspecified atom stereocenters. The van der Waals surface area contributed by atoms with Crippen molar-refractivity contribution < 1.29 is 9.15 Å². The highest BCUT2D eigenvalue weighted by atomic mass is 16.5. The molecule has 3 rings (SSSR count). The number of ether oxygens (including phenoxy) is 1. The Kier molecular flexibility index (Phi) is 4.94. The van der Waals surface area contributed by atoms with Crippen LogP contribution in [0.4, 0.5) is 0 Å². The number of benzene rings is 1. The molecule has 1 aliphatic carbocycles. The summed E-state index contributed by atoms with van der Waals surface area (Å²) in [5, 5.41) is 4.45. The second-order valence-electron chi connectivity index (χ2n) is 6.07. The molecule has 0 bridgehead atoms. The zero-order valence-electron chi connectivity index (χ0n) is 12.8. The summed E-state index contributed by atoms with van der Waals surface area (Å²) in [6.45, 7) is 1.56. The largest absolute Gasteiger partial charge is 0.459 e. The molecule has 114 valence electrons. The third-order valence-corrected chi connectivity index (χ3v) is 4.50. The van der Waals surface area contributed by atoms with Crippen molar-refractivity contribution in [1.82, 2.24) is 5.32 Å². The summed E-state index contributed by atoms with van der Waals surface area (Å²) in [6.07, 6.45) is 6.79. The first-order chi connectivity index (χ1) is 10.4. The van der Waals surface area contributed by atoms with E-state index in [1.807, 2.05) is 25.2 Å². The summed E-state index contributed by atoms with van der Waals surface area (Å²) >= 11 is 0. The number of hydrogen-bond acceptors (Lipinski definition) is 3. The van der Waals surface area contributed by atoms with Crippen LogP contribution in [0.15, 0.2) is 34.7 Å². The van der Waals surface area contributed by atoms with Crippen molar-refractivity contribution in [2.24, 2.45) is 5.92 Å². The highest BCUT2D eigenvalue weighted by Gasteiger charge is 2.17. The standard InChI is InChI=1S/C18H25NO2/c1-19-16(13-20-12-14-7-3-2-4-8-14)18-11-15-9-5-6-10-17(15)21-18/h5-6,9-11,14,16,19H,2-4,7-8,12-13H2,1H3. The monoisotopic (exact) mass is 287 g/mol. The lowest BCUT2D eigenvalue weighted by Gasteiger charge is -2.22. The van der Waals surface area contributed by atoms with Crippen LogP contribution >= 0.6 is 0 Å². The Hall–Kier alpha value is -1.32. The number of hydrogen-bond donors (Lipinski definition) is 1. The van der Waals surface area contributed by atoms with Gasteiger partial charge in [-0.05, 0) is 37.9 Å². The maximum absolute atomic E-state index is 5.95. The summed E-state index contributed by atoms with van der Waals surface area (Å²) < 4.78 is 11.9. The molecule has 0 spiro atoms. The van der Waals surface area contributed by atoms with Crippen LogP contribution in [0.25, 0.3) is 11.0 Å². The average molecular weight is 287 g/mol. The topological polar surface area (TPSA) is 34.4 Å². The molecule has 0 saturated heterocycles. The molecule has 1 atom stereocenters. The summed E-state index contributed by atoms with van der Waals surface area (Å²) in [6, 6.07) is 10.4. The van der Waals surface area contributed by atoms with Crippen molar-refractivity contribution >= 4 is 11.0 Å². The maximum atomic E-state index is 5.95. The predicted molar refractivity (Wildman–Crippen MR) is 85.4 cm³/mol. The minimum absolute atomic E-state index is 0.126. The second kappa shape index (κ2) is 7.10. The molecule has 3 nitrogen and oxygen atoms in total. The molecule has 1 aliphatic rings. The van der Waals surface area contributed by atoms with Crippen molar-refractivity contribution in [2.45, 2.75) is 38.1 Å². The second-order valence-corrected chi connectivity index (χ2v) is 6.07. The third-order valence-electron chi connectivity index (χ3n) is 4.50. The van der Waals surface area contributed by atoms with Crippen LogP contribution in [-0.4, -0.2) is 20.3 Å². The Balaban J connectivity index is 1.56. The van der Waals surface area contributed by atoms with Crippen molar-refractivity contribution in [1.29, 1.82) is 0 Å². The number of fused-ring (bicyclic) bond motifs is 1. The molecule has 1 heterocycles. The summed E-state index contributed by atoms with van der Waals surface area (Å²) in [4.78, 5) is 0. The van der Waals surface area contributed by atoms with E-state index in [2.05, 4.69) is 17.4 Å². The minimum atomic E-state index is 0.126. The van der Waals surface area contributed by atoms with E-state index in [0.717, 1.165) is 29.3 Å². The number of likely N-dealkylation sites (N-methyl/N-ethyl adjacent to an activating group) is 1. The van der Waals surface area contributed by atoms with Gasteiger partial charge in [-0.1, -0.05) is 37.5 Å². The van der Waals surface area contributed by atoms with Gasteiger partial charge in [-0.2, -0.15) is 0 Å². The Bertz CT molecular complexity index is 524. The predicted octanol–water partition coefficient (Wildman–Crippen LogP) is 4.29. The van der Waals surface area contributed by atoms with Crippen molar-refractivity contribution in [3.05, 3.63) is 36.1 Å². The van der Waals surface area contributed by atoms with Gasteiger partial charge in [-0.15, -0.1) is 0 Å². The molecule has 2 aromatic rings. The van der Waals surface area contributed by atoms with Gasteiger partial charge < -0.3 is 14.5 Å². The molecule has 0 aliphatic heterocycles. The van der Waals surface area contributed by atoms with Gasteiger partial charge >= 0.3 is 0 Å². The van der Waals surface area contributed by atoms with Crippen LogP contribution in [0.2, 0.25) is 0 Å². The fourth-order valence-electron chi connectivity index (χ4n) is 3.19. The smallest absolute Gasteiger partial charge is 0.134 e. The van der Waals surface area contributed by atoms with Crippen LogP contribution < -0.4 is 5.32 Å². The summed E-state index contributed by atoms with van der Waals surface area (Å²) in [7, 11) is 1.96. The van der Waals surface area contributed by atoms with Crippen LogP contribution in [0.5, 0.6) is 0 Å². The molecular formula is C18H25NO2. The van der Waals surface area contributed by atoms with Crippen molar-refractivity contribution in [2.75, 3.05) is 20.3 Å². The van der Waals surface area contributed by atoms with E-state index in [1.165, 1.54) is 32.1 Å². The fourth-order valence-corrected chi connectivity index (χ4v) is 3.19. The van der Waals surface area contributed by atoms with Crippen LogP contribution in [0, 0.1) is 5.92 Å². The Morgan fingerprint density at radius 3 is 2.81 bits per heavy atom. The van der Waals surface area contributed by atoms with Crippen molar-refractivity contribution in [3.63, 3.8) is 0 Å². The molecule has 1 fully saturated rings. The first kappa shape index (κ1) is 14.6. The van der Waals surface area contributed by atoms with Gasteiger partial charge in [0.05, 0.1) is 12.6 Å². The number of rotatable bonds is 6. The van der Waals surface area contributed by atoms with Crippen molar-refractivity contribution in [3.8, 4) is 0 Å². The van der Waals surface area contributed by atoms with Crippen LogP contribution in [0.3, 0.4) is 0 Å². The van der Waals surface area contributed by atoms with Gasteiger partial charge in [0.2, 0.25) is 0 Å². The van der Waals surface area contributed by atoms with Gasteiger partial charge in [0.15, 0.2) is 0 Å². The third kappa shape index (κ3) is 3.66. The minimum Gasteiger partial charge on any atom is -0.459 e.